The first kappa shape index (κ1) is 17.5. The Morgan fingerprint density at radius 1 is 1.29 bits per heavy atom. The number of amides is 2. The predicted octanol–water partition coefficient (Wildman–Crippen LogP) is -0.504. The summed E-state index contributed by atoms with van der Waals surface area (Å²) in [6, 6.07) is 3.48. The van der Waals surface area contributed by atoms with E-state index in [0.717, 1.165) is 11.8 Å². The number of aromatic nitrogens is 3. The quantitative estimate of drug-likeness (QED) is 0.560. The molecule has 2 rings (SSSR count). The number of carbonyl (C=O) groups is 2. The summed E-state index contributed by atoms with van der Waals surface area (Å²) >= 11 is 1.06. The van der Waals surface area contributed by atoms with Crippen molar-refractivity contribution in [2.45, 2.75) is 11.7 Å². The third-order valence-electron chi connectivity index (χ3n) is 2.82. The van der Waals surface area contributed by atoms with Crippen molar-refractivity contribution in [3.8, 4) is 0 Å². The second kappa shape index (κ2) is 8.15. The molecular weight excluding hydrogens is 334 g/mol. The minimum atomic E-state index is -0.291. The fourth-order valence-electron chi connectivity index (χ4n) is 1.65. The van der Waals surface area contributed by atoms with Gasteiger partial charge in [-0.25, -0.2) is 0 Å². The van der Waals surface area contributed by atoms with Gasteiger partial charge < -0.3 is 26.1 Å². The average molecular weight is 351 g/mol. The van der Waals surface area contributed by atoms with E-state index in [-0.39, 0.29) is 47.7 Å². The number of anilines is 2. The van der Waals surface area contributed by atoms with E-state index in [0.29, 0.717) is 5.76 Å². The molecule has 0 fully saturated rings. The Morgan fingerprint density at radius 2 is 2.00 bits per heavy atom. The normalized spacial score (nSPS) is 10.4. The van der Waals surface area contributed by atoms with Crippen LogP contribution in [-0.4, -0.2) is 51.0 Å². The van der Waals surface area contributed by atoms with Crippen molar-refractivity contribution in [1.82, 2.24) is 25.2 Å². The summed E-state index contributed by atoms with van der Waals surface area (Å²) in [6.07, 6.45) is 1.52. The number of nitrogen functional groups attached to an aromatic ring is 2. The first-order chi connectivity index (χ1) is 11.4. The lowest BCUT2D eigenvalue weighted by Crippen LogP contribution is -2.38. The third kappa shape index (κ3) is 5.43. The fourth-order valence-corrected chi connectivity index (χ4v) is 2.44. The Morgan fingerprint density at radius 3 is 2.62 bits per heavy atom. The summed E-state index contributed by atoms with van der Waals surface area (Å²) in [5, 5.41) is 2.91. The summed E-state index contributed by atoms with van der Waals surface area (Å²) in [6.45, 7) is 0.202. The monoisotopic (exact) mass is 351 g/mol. The molecule has 24 heavy (non-hydrogen) atoms. The summed E-state index contributed by atoms with van der Waals surface area (Å²) in [7, 11) is 1.53. The second-order valence-corrected chi connectivity index (χ2v) is 5.67. The van der Waals surface area contributed by atoms with E-state index >= 15 is 0 Å². The molecule has 128 valence electrons. The van der Waals surface area contributed by atoms with Crippen LogP contribution in [0.3, 0.4) is 0 Å². The standard InChI is InChI=1S/C13H17N7O3S/c1-20(6-9(21)16-5-8-3-2-4-23-8)10(22)7-24-13-18-11(14)17-12(15)19-13/h2-4H,5-7H2,1H3,(H,16,21)(H4,14,15,17,18,19). The van der Waals surface area contributed by atoms with Crippen molar-refractivity contribution in [2.24, 2.45) is 0 Å². The van der Waals surface area contributed by atoms with Gasteiger partial charge in [-0.3, -0.25) is 9.59 Å². The van der Waals surface area contributed by atoms with Gasteiger partial charge in [-0.1, -0.05) is 11.8 Å². The zero-order valence-electron chi connectivity index (χ0n) is 12.9. The van der Waals surface area contributed by atoms with Crippen molar-refractivity contribution in [2.75, 3.05) is 30.8 Å². The molecule has 0 unspecified atom stereocenters. The Bertz CT molecular complexity index is 687. The van der Waals surface area contributed by atoms with Crippen LogP contribution in [0, 0.1) is 0 Å². The van der Waals surface area contributed by atoms with Crippen molar-refractivity contribution >= 4 is 35.5 Å². The number of thioether (sulfide) groups is 1. The molecular formula is C13H17N7O3S. The molecule has 0 radical (unpaired) electrons. The summed E-state index contributed by atoms with van der Waals surface area (Å²) < 4.78 is 5.11. The van der Waals surface area contributed by atoms with E-state index in [1.807, 2.05) is 0 Å². The fraction of sp³-hybridized carbons (Fsp3) is 0.308. The molecule has 0 bridgehead atoms. The number of nitrogens with two attached hydrogens (primary N) is 2. The SMILES string of the molecule is CN(CC(=O)NCc1ccco1)C(=O)CSc1nc(N)nc(N)n1. The maximum Gasteiger partial charge on any atom is 0.239 e. The third-order valence-corrected chi connectivity index (χ3v) is 3.65. The highest BCUT2D eigenvalue weighted by Crippen LogP contribution is 2.14. The van der Waals surface area contributed by atoms with Crippen LogP contribution < -0.4 is 16.8 Å². The van der Waals surface area contributed by atoms with Gasteiger partial charge >= 0.3 is 0 Å². The van der Waals surface area contributed by atoms with Crippen molar-refractivity contribution in [3.63, 3.8) is 0 Å². The number of carbonyl (C=O) groups excluding carboxylic acids is 2. The van der Waals surface area contributed by atoms with Crippen LogP contribution in [0.15, 0.2) is 28.0 Å². The van der Waals surface area contributed by atoms with Crippen molar-refractivity contribution < 1.29 is 14.0 Å². The van der Waals surface area contributed by atoms with E-state index in [2.05, 4.69) is 20.3 Å². The van der Waals surface area contributed by atoms with Gasteiger partial charge in [0.05, 0.1) is 25.1 Å². The Balaban J connectivity index is 1.75. The van der Waals surface area contributed by atoms with Gasteiger partial charge in [-0.05, 0) is 12.1 Å². The van der Waals surface area contributed by atoms with Gasteiger partial charge in [0.25, 0.3) is 0 Å². The number of nitrogens with one attached hydrogen (secondary N) is 1. The number of furan rings is 1. The van der Waals surface area contributed by atoms with Gasteiger partial charge in [0.2, 0.25) is 23.7 Å². The van der Waals surface area contributed by atoms with Crippen LogP contribution >= 0.6 is 11.8 Å². The zero-order chi connectivity index (χ0) is 17.5. The van der Waals surface area contributed by atoms with E-state index in [4.69, 9.17) is 15.9 Å². The molecule has 0 aliphatic rings. The minimum absolute atomic E-state index is 0.0110. The van der Waals surface area contributed by atoms with E-state index in [9.17, 15) is 9.59 Å². The Labute approximate surface area is 142 Å². The van der Waals surface area contributed by atoms with Gasteiger partial charge in [0.1, 0.15) is 5.76 Å². The van der Waals surface area contributed by atoms with Crippen molar-refractivity contribution in [3.05, 3.63) is 24.2 Å². The molecule has 0 aliphatic heterocycles. The minimum Gasteiger partial charge on any atom is -0.467 e. The number of rotatable bonds is 7. The van der Waals surface area contributed by atoms with Gasteiger partial charge in [0.15, 0.2) is 5.16 Å². The van der Waals surface area contributed by atoms with E-state index < -0.39 is 0 Å². The highest BCUT2D eigenvalue weighted by Gasteiger charge is 2.14. The lowest BCUT2D eigenvalue weighted by Gasteiger charge is -2.16. The first-order valence-corrected chi connectivity index (χ1v) is 7.85. The smallest absolute Gasteiger partial charge is 0.239 e. The van der Waals surface area contributed by atoms with Crippen LogP contribution in [-0.2, 0) is 16.1 Å². The van der Waals surface area contributed by atoms with Crippen LogP contribution in [0.2, 0.25) is 0 Å². The number of hydrogen-bond acceptors (Lipinski definition) is 9. The van der Waals surface area contributed by atoms with E-state index in [1.165, 1.54) is 18.2 Å². The summed E-state index contributed by atoms with van der Waals surface area (Å²) in [4.78, 5) is 36.5. The average Bonchev–Trinajstić information content (AvgIpc) is 3.03. The number of likely N-dealkylation sites (N-methyl/N-ethyl adjacent to an activating group) is 1. The van der Waals surface area contributed by atoms with Gasteiger partial charge in [0, 0.05) is 7.05 Å². The highest BCUT2D eigenvalue weighted by molar-refractivity contribution is 7.99. The second-order valence-electron chi connectivity index (χ2n) is 4.73. The topological polar surface area (TPSA) is 153 Å². The van der Waals surface area contributed by atoms with Crippen LogP contribution in [0.25, 0.3) is 0 Å². The van der Waals surface area contributed by atoms with Crippen LogP contribution in [0.4, 0.5) is 11.9 Å². The Kier molecular flexibility index (Phi) is 5.95. The molecule has 0 saturated heterocycles. The lowest BCUT2D eigenvalue weighted by molar-refractivity contribution is -0.132. The molecule has 10 nitrogen and oxygen atoms in total. The highest BCUT2D eigenvalue weighted by atomic mass is 32.2. The first-order valence-electron chi connectivity index (χ1n) is 6.87. The summed E-state index contributed by atoms with van der Waals surface area (Å²) in [5.41, 5.74) is 10.9. The van der Waals surface area contributed by atoms with Gasteiger partial charge in [-0.2, -0.15) is 15.0 Å². The maximum atomic E-state index is 12.0. The molecule has 2 heterocycles. The van der Waals surface area contributed by atoms with Crippen LogP contribution in [0.5, 0.6) is 0 Å². The zero-order valence-corrected chi connectivity index (χ0v) is 13.7. The molecule has 0 spiro atoms. The molecule has 0 saturated carbocycles. The number of nitrogens with zero attached hydrogens (tertiary/aromatic N) is 4. The molecule has 0 aromatic carbocycles. The molecule has 0 aliphatic carbocycles. The van der Waals surface area contributed by atoms with E-state index in [1.54, 1.807) is 12.1 Å². The van der Waals surface area contributed by atoms with Crippen molar-refractivity contribution in [1.29, 1.82) is 0 Å². The number of hydrogen-bond donors (Lipinski definition) is 3. The molecule has 0 atom stereocenters. The Hall–Kier alpha value is -2.82. The molecule has 5 N–H and O–H groups in total. The predicted molar refractivity (Wildman–Crippen MR) is 87.6 cm³/mol. The lowest BCUT2D eigenvalue weighted by atomic mass is 10.4. The van der Waals surface area contributed by atoms with Gasteiger partial charge in [-0.15, -0.1) is 0 Å². The molecule has 11 heteroatoms. The summed E-state index contributed by atoms with van der Waals surface area (Å²) in [5.74, 6) is 0.112. The molecule has 2 aromatic heterocycles. The molecule has 2 amide bonds. The largest absolute Gasteiger partial charge is 0.467 e. The molecule has 2 aromatic rings. The maximum absolute atomic E-state index is 12.0. The van der Waals surface area contributed by atoms with Crippen LogP contribution in [0.1, 0.15) is 5.76 Å².